The van der Waals surface area contributed by atoms with Crippen LogP contribution in [0.3, 0.4) is 0 Å². The van der Waals surface area contributed by atoms with Crippen molar-refractivity contribution < 1.29 is 8.42 Å². The van der Waals surface area contributed by atoms with Crippen molar-refractivity contribution in [1.29, 1.82) is 0 Å². The van der Waals surface area contributed by atoms with Crippen LogP contribution in [0.15, 0.2) is 20.1 Å². The van der Waals surface area contributed by atoms with Crippen LogP contribution < -0.4 is 0 Å². The van der Waals surface area contributed by atoms with E-state index >= 15 is 0 Å². The molecule has 0 aliphatic carbocycles. The summed E-state index contributed by atoms with van der Waals surface area (Å²) >= 11 is 4.62. The first-order valence-electron chi connectivity index (χ1n) is 6.97. The van der Waals surface area contributed by atoms with E-state index in [1.807, 2.05) is 0 Å². The minimum atomic E-state index is -3.31. The summed E-state index contributed by atoms with van der Waals surface area (Å²) in [4.78, 5) is 0. The third-order valence-corrected chi connectivity index (χ3v) is 8.04. The molecule has 1 aromatic heterocycles. The average Bonchev–Trinajstić information content (AvgIpc) is 2.63. The first-order valence-corrected chi connectivity index (χ1v) is 10.0. The van der Waals surface area contributed by atoms with E-state index in [-0.39, 0.29) is 5.41 Å². The number of rotatable bonds is 2. The molecular weight excluding hydrogens is 358 g/mol. The molecule has 0 amide bonds. The van der Waals surface area contributed by atoms with Crippen LogP contribution in [0.5, 0.6) is 0 Å². The number of halogens is 1. The van der Waals surface area contributed by atoms with E-state index in [1.54, 1.807) is 16.4 Å². The Balaban J connectivity index is 2.14. The molecule has 0 spiro atoms. The van der Waals surface area contributed by atoms with E-state index in [2.05, 4.69) is 36.7 Å². The van der Waals surface area contributed by atoms with Gasteiger partial charge in [-0.1, -0.05) is 20.8 Å². The molecule has 1 aliphatic rings. The molecule has 3 nitrogen and oxygen atoms in total. The molecule has 1 aromatic rings. The summed E-state index contributed by atoms with van der Waals surface area (Å²) in [7, 11) is -3.31. The minimum Gasteiger partial charge on any atom is -0.206 e. The van der Waals surface area contributed by atoms with Crippen molar-refractivity contribution in [3.8, 4) is 0 Å². The molecule has 1 aliphatic heterocycles. The molecule has 2 rings (SSSR count). The van der Waals surface area contributed by atoms with Crippen LogP contribution in [0.4, 0.5) is 0 Å². The van der Waals surface area contributed by atoms with Gasteiger partial charge in [-0.3, -0.25) is 0 Å². The third kappa shape index (κ3) is 3.64. The molecule has 20 heavy (non-hydrogen) atoms. The van der Waals surface area contributed by atoms with Gasteiger partial charge < -0.3 is 0 Å². The molecule has 1 fully saturated rings. The smallest absolute Gasteiger partial charge is 0.206 e. The molecule has 0 bridgehead atoms. The Morgan fingerprint density at radius 3 is 2.50 bits per heavy atom. The molecule has 0 N–H and O–H groups in total. The maximum Gasteiger partial charge on any atom is 0.252 e. The maximum absolute atomic E-state index is 12.6. The van der Waals surface area contributed by atoms with Crippen molar-refractivity contribution in [3.05, 3.63) is 15.9 Å². The van der Waals surface area contributed by atoms with Crippen LogP contribution in [0.1, 0.15) is 40.0 Å². The number of hydrogen-bond donors (Lipinski definition) is 0. The van der Waals surface area contributed by atoms with Crippen molar-refractivity contribution >= 4 is 37.3 Å². The number of hydrogen-bond acceptors (Lipinski definition) is 3. The fraction of sp³-hybridized carbons (Fsp3) is 0.714. The van der Waals surface area contributed by atoms with Gasteiger partial charge in [0.2, 0.25) is 0 Å². The highest BCUT2D eigenvalue weighted by Crippen LogP contribution is 2.36. The lowest BCUT2D eigenvalue weighted by molar-refractivity contribution is 0.217. The highest BCUT2D eigenvalue weighted by Gasteiger charge is 2.32. The predicted octanol–water partition coefficient (Wildman–Crippen LogP) is 4.35. The van der Waals surface area contributed by atoms with Gasteiger partial charge in [0.25, 0.3) is 10.0 Å². The normalized spacial score (nSPS) is 22.7. The zero-order chi connectivity index (χ0) is 15.0. The molecule has 2 heterocycles. The SMILES string of the molecule is CC(C)(C)C1CCCN(S(=O)(=O)c2ccc(Br)s2)CC1. The van der Waals surface area contributed by atoms with Crippen molar-refractivity contribution in [2.24, 2.45) is 11.3 Å². The lowest BCUT2D eigenvalue weighted by Crippen LogP contribution is -2.32. The monoisotopic (exact) mass is 379 g/mol. The Morgan fingerprint density at radius 1 is 1.25 bits per heavy atom. The molecule has 0 aromatic carbocycles. The lowest BCUT2D eigenvalue weighted by Gasteiger charge is -2.29. The molecule has 1 saturated heterocycles. The summed E-state index contributed by atoms with van der Waals surface area (Å²) in [6.45, 7) is 8.03. The summed E-state index contributed by atoms with van der Waals surface area (Å²) in [6, 6.07) is 3.49. The third-order valence-electron chi connectivity index (χ3n) is 4.05. The minimum absolute atomic E-state index is 0.256. The van der Waals surface area contributed by atoms with Crippen LogP contribution in [0.2, 0.25) is 0 Å². The molecule has 1 unspecified atom stereocenters. The number of sulfonamides is 1. The van der Waals surface area contributed by atoms with E-state index in [1.165, 1.54) is 11.3 Å². The van der Waals surface area contributed by atoms with Crippen molar-refractivity contribution in [1.82, 2.24) is 4.31 Å². The summed E-state index contributed by atoms with van der Waals surface area (Å²) in [5.41, 5.74) is 0.256. The number of thiophene rings is 1. The zero-order valence-electron chi connectivity index (χ0n) is 12.2. The first kappa shape index (κ1) is 16.5. The fourth-order valence-electron chi connectivity index (χ4n) is 2.74. The van der Waals surface area contributed by atoms with Crippen molar-refractivity contribution in [2.45, 2.75) is 44.2 Å². The Morgan fingerprint density at radius 2 is 1.95 bits per heavy atom. The van der Waals surface area contributed by atoms with Gasteiger partial charge in [-0.15, -0.1) is 11.3 Å². The fourth-order valence-corrected chi connectivity index (χ4v) is 6.40. The van der Waals surface area contributed by atoms with Gasteiger partial charge in [-0.25, -0.2) is 8.42 Å². The van der Waals surface area contributed by atoms with Gasteiger partial charge in [0.1, 0.15) is 4.21 Å². The predicted molar refractivity (Wildman–Crippen MR) is 87.6 cm³/mol. The average molecular weight is 380 g/mol. The van der Waals surface area contributed by atoms with Gasteiger partial charge in [-0.2, -0.15) is 4.31 Å². The molecule has 0 saturated carbocycles. The standard InChI is InChI=1S/C14H22BrNO2S2/c1-14(2,3)11-5-4-9-16(10-8-11)20(17,18)13-7-6-12(15)19-13/h6-7,11H,4-5,8-10H2,1-3H3. The van der Waals surface area contributed by atoms with Gasteiger partial charge in [0.05, 0.1) is 3.79 Å². The molecule has 6 heteroatoms. The van der Waals surface area contributed by atoms with Crippen molar-refractivity contribution in [2.75, 3.05) is 13.1 Å². The van der Waals surface area contributed by atoms with Crippen LogP contribution in [0, 0.1) is 11.3 Å². The van der Waals surface area contributed by atoms with E-state index in [9.17, 15) is 8.42 Å². The highest BCUT2D eigenvalue weighted by atomic mass is 79.9. The highest BCUT2D eigenvalue weighted by molar-refractivity contribution is 9.11. The first-order chi connectivity index (χ1) is 9.21. The van der Waals surface area contributed by atoms with Crippen LogP contribution in [0.25, 0.3) is 0 Å². The Hall–Kier alpha value is 0.0900. The van der Waals surface area contributed by atoms with Gasteiger partial charge in [0, 0.05) is 13.1 Å². The molecule has 114 valence electrons. The van der Waals surface area contributed by atoms with E-state index in [0.29, 0.717) is 23.2 Å². The van der Waals surface area contributed by atoms with E-state index < -0.39 is 10.0 Å². The topological polar surface area (TPSA) is 37.4 Å². The van der Waals surface area contributed by atoms with Gasteiger partial charge in [-0.05, 0) is 58.7 Å². The second kappa shape index (κ2) is 6.07. The summed E-state index contributed by atoms with van der Waals surface area (Å²) < 4.78 is 28.2. The summed E-state index contributed by atoms with van der Waals surface area (Å²) in [6.07, 6.45) is 3.02. The molecule has 0 radical (unpaired) electrons. The van der Waals surface area contributed by atoms with Crippen LogP contribution >= 0.6 is 27.3 Å². The lowest BCUT2D eigenvalue weighted by atomic mass is 9.77. The zero-order valence-corrected chi connectivity index (χ0v) is 15.4. The Bertz CT molecular complexity index is 560. The molecule has 1 atom stereocenters. The van der Waals surface area contributed by atoms with Gasteiger partial charge >= 0.3 is 0 Å². The Labute approximate surface area is 134 Å². The largest absolute Gasteiger partial charge is 0.252 e. The second-order valence-electron chi connectivity index (χ2n) is 6.46. The maximum atomic E-state index is 12.6. The Kier molecular flexibility index (Phi) is 4.99. The second-order valence-corrected chi connectivity index (χ2v) is 11.1. The van der Waals surface area contributed by atoms with Gasteiger partial charge in [0.15, 0.2) is 0 Å². The van der Waals surface area contributed by atoms with E-state index in [0.717, 1.165) is 23.0 Å². The molecular formula is C14H22BrNO2S2. The van der Waals surface area contributed by atoms with Crippen molar-refractivity contribution in [3.63, 3.8) is 0 Å². The summed E-state index contributed by atoms with van der Waals surface area (Å²) in [5, 5.41) is 0. The van der Waals surface area contributed by atoms with Crippen LogP contribution in [-0.4, -0.2) is 25.8 Å². The van der Waals surface area contributed by atoms with Crippen LogP contribution in [-0.2, 0) is 10.0 Å². The van der Waals surface area contributed by atoms with E-state index in [4.69, 9.17) is 0 Å². The quantitative estimate of drug-likeness (QED) is 0.765. The summed E-state index contributed by atoms with van der Waals surface area (Å²) in [5.74, 6) is 0.595. The number of nitrogens with zero attached hydrogens (tertiary/aromatic N) is 1.